The van der Waals surface area contributed by atoms with E-state index >= 15 is 0 Å². The molecule has 0 bridgehead atoms. The van der Waals surface area contributed by atoms with Gasteiger partial charge < -0.3 is 15.4 Å². The molecule has 1 fully saturated rings. The fourth-order valence-corrected chi connectivity index (χ4v) is 2.28. The Morgan fingerprint density at radius 3 is 2.88 bits per heavy atom. The van der Waals surface area contributed by atoms with Gasteiger partial charge in [0, 0.05) is 19.6 Å². The van der Waals surface area contributed by atoms with Gasteiger partial charge >= 0.3 is 0 Å². The van der Waals surface area contributed by atoms with Crippen LogP contribution in [0.5, 0.6) is 0 Å². The molecule has 2 rings (SSSR count). The molecule has 92 valence electrons. The normalized spacial score (nSPS) is 22.4. The maximum Gasteiger partial charge on any atom is 0.191 e. The molecule has 1 aliphatic heterocycles. The van der Waals surface area contributed by atoms with Crippen LogP contribution in [0.15, 0.2) is 4.99 Å². The van der Waals surface area contributed by atoms with E-state index in [-0.39, 0.29) is 0 Å². The molecule has 1 saturated carbocycles. The summed E-state index contributed by atoms with van der Waals surface area (Å²) in [6.07, 6.45) is 8.22. The Bertz CT molecular complexity index is 224. The molecule has 4 nitrogen and oxygen atoms in total. The third kappa shape index (κ3) is 4.00. The summed E-state index contributed by atoms with van der Waals surface area (Å²) in [6.45, 7) is 3.64. The molecule has 2 N–H and O–H groups in total. The van der Waals surface area contributed by atoms with Gasteiger partial charge in [0.05, 0.1) is 12.7 Å². The van der Waals surface area contributed by atoms with Gasteiger partial charge in [-0.25, -0.2) is 0 Å². The Hall–Kier alpha value is -0.770. The molecule has 0 unspecified atom stereocenters. The number of hydrogen-bond acceptors (Lipinski definition) is 4. The van der Waals surface area contributed by atoms with Crippen molar-refractivity contribution >= 4 is 5.96 Å². The van der Waals surface area contributed by atoms with Crippen molar-refractivity contribution in [3.05, 3.63) is 0 Å². The summed E-state index contributed by atoms with van der Waals surface area (Å²) in [7, 11) is 0. The average Bonchev–Trinajstić information content (AvgIpc) is 2.37. The summed E-state index contributed by atoms with van der Waals surface area (Å²) in [5.41, 5.74) is 0. The third-order valence-electron chi connectivity index (χ3n) is 3.20. The summed E-state index contributed by atoms with van der Waals surface area (Å²) in [5.74, 6) is 0.943. The SMILES string of the molecule is C1CCC(OCCNC2=NCCCN2)CC1. The van der Waals surface area contributed by atoms with Crippen molar-refractivity contribution in [2.45, 2.75) is 44.6 Å². The summed E-state index contributed by atoms with van der Waals surface area (Å²) in [6, 6.07) is 0. The maximum absolute atomic E-state index is 5.83. The summed E-state index contributed by atoms with van der Waals surface area (Å²) in [5, 5.41) is 6.52. The Balaban J connectivity index is 1.52. The molecule has 0 aromatic rings. The average molecular weight is 225 g/mol. The lowest BCUT2D eigenvalue weighted by atomic mass is 9.98. The molecule has 0 spiro atoms. The van der Waals surface area contributed by atoms with E-state index in [4.69, 9.17) is 4.74 Å². The molecule has 0 aromatic carbocycles. The maximum atomic E-state index is 5.83. The standard InChI is InChI=1S/C12H23N3O/c1-2-5-11(6-3-1)16-10-9-15-12-13-7-4-8-14-12/h11H,1-10H2,(H2,13,14,15). The number of aliphatic imine (C=N–C) groups is 1. The monoisotopic (exact) mass is 225 g/mol. The molecular formula is C12H23N3O. The predicted molar refractivity (Wildman–Crippen MR) is 65.7 cm³/mol. The Kier molecular flexibility index (Phi) is 4.93. The van der Waals surface area contributed by atoms with Crippen LogP contribution >= 0.6 is 0 Å². The first-order valence-corrected chi connectivity index (χ1v) is 6.59. The van der Waals surface area contributed by atoms with Crippen LogP contribution in [0, 0.1) is 0 Å². The highest BCUT2D eigenvalue weighted by molar-refractivity contribution is 5.80. The first-order chi connectivity index (χ1) is 7.95. The number of hydrogen-bond donors (Lipinski definition) is 2. The van der Waals surface area contributed by atoms with E-state index in [1.54, 1.807) is 0 Å². The molecule has 0 radical (unpaired) electrons. The molecule has 1 heterocycles. The zero-order valence-electron chi connectivity index (χ0n) is 10.0. The molecule has 0 aromatic heterocycles. The second kappa shape index (κ2) is 6.74. The molecule has 0 amide bonds. The highest BCUT2D eigenvalue weighted by Gasteiger charge is 2.13. The Morgan fingerprint density at radius 2 is 2.12 bits per heavy atom. The van der Waals surface area contributed by atoms with Crippen molar-refractivity contribution < 1.29 is 4.74 Å². The van der Waals surface area contributed by atoms with E-state index in [2.05, 4.69) is 15.6 Å². The van der Waals surface area contributed by atoms with Crippen molar-refractivity contribution in [2.24, 2.45) is 4.99 Å². The van der Waals surface area contributed by atoms with Crippen molar-refractivity contribution in [2.75, 3.05) is 26.2 Å². The van der Waals surface area contributed by atoms with Crippen LogP contribution in [0.4, 0.5) is 0 Å². The molecule has 1 aliphatic carbocycles. The fourth-order valence-electron chi connectivity index (χ4n) is 2.28. The van der Waals surface area contributed by atoms with Gasteiger partial charge in [0.2, 0.25) is 0 Å². The molecule has 0 saturated heterocycles. The van der Waals surface area contributed by atoms with Crippen LogP contribution in [0.3, 0.4) is 0 Å². The van der Waals surface area contributed by atoms with Gasteiger partial charge in [-0.1, -0.05) is 19.3 Å². The van der Waals surface area contributed by atoms with Crippen LogP contribution in [0.2, 0.25) is 0 Å². The van der Waals surface area contributed by atoms with Crippen molar-refractivity contribution in [3.63, 3.8) is 0 Å². The van der Waals surface area contributed by atoms with E-state index in [9.17, 15) is 0 Å². The lowest BCUT2D eigenvalue weighted by Gasteiger charge is -2.22. The summed E-state index contributed by atoms with van der Waals surface area (Å²) in [4.78, 5) is 4.35. The second-order valence-corrected chi connectivity index (χ2v) is 4.57. The van der Waals surface area contributed by atoms with Gasteiger partial charge in [-0.05, 0) is 19.3 Å². The molecule has 2 aliphatic rings. The van der Waals surface area contributed by atoms with Gasteiger partial charge in [0.1, 0.15) is 0 Å². The van der Waals surface area contributed by atoms with E-state index in [0.29, 0.717) is 6.10 Å². The van der Waals surface area contributed by atoms with Gasteiger partial charge in [0.25, 0.3) is 0 Å². The molecule has 16 heavy (non-hydrogen) atoms. The predicted octanol–water partition coefficient (Wildman–Crippen LogP) is 1.27. The highest BCUT2D eigenvalue weighted by Crippen LogP contribution is 2.19. The minimum Gasteiger partial charge on any atom is -0.376 e. The smallest absolute Gasteiger partial charge is 0.191 e. The minimum absolute atomic E-state index is 0.511. The first kappa shape index (κ1) is 11.7. The van der Waals surface area contributed by atoms with Gasteiger partial charge in [-0.15, -0.1) is 0 Å². The van der Waals surface area contributed by atoms with Crippen LogP contribution in [0.1, 0.15) is 38.5 Å². The van der Waals surface area contributed by atoms with Gasteiger partial charge in [0.15, 0.2) is 5.96 Å². The van der Waals surface area contributed by atoms with Crippen LogP contribution in [-0.4, -0.2) is 38.3 Å². The molecule has 4 heteroatoms. The fraction of sp³-hybridized carbons (Fsp3) is 0.917. The number of ether oxygens (including phenoxy) is 1. The van der Waals surface area contributed by atoms with Crippen molar-refractivity contribution in [1.82, 2.24) is 10.6 Å². The van der Waals surface area contributed by atoms with Crippen molar-refractivity contribution in [1.29, 1.82) is 0 Å². The van der Waals surface area contributed by atoms with E-state index < -0.39 is 0 Å². The second-order valence-electron chi connectivity index (χ2n) is 4.57. The zero-order chi connectivity index (χ0) is 11.1. The zero-order valence-corrected chi connectivity index (χ0v) is 10.0. The Morgan fingerprint density at radius 1 is 1.25 bits per heavy atom. The number of nitrogens with zero attached hydrogens (tertiary/aromatic N) is 1. The number of nitrogens with one attached hydrogen (secondary N) is 2. The lowest BCUT2D eigenvalue weighted by molar-refractivity contribution is 0.0317. The largest absolute Gasteiger partial charge is 0.376 e. The van der Waals surface area contributed by atoms with E-state index in [1.165, 1.54) is 32.1 Å². The minimum atomic E-state index is 0.511. The topological polar surface area (TPSA) is 45.6 Å². The third-order valence-corrected chi connectivity index (χ3v) is 3.20. The molecular weight excluding hydrogens is 202 g/mol. The van der Waals surface area contributed by atoms with Gasteiger partial charge in [-0.3, -0.25) is 4.99 Å². The van der Waals surface area contributed by atoms with Crippen LogP contribution in [0.25, 0.3) is 0 Å². The quantitative estimate of drug-likeness (QED) is 0.708. The number of rotatable bonds is 4. The first-order valence-electron chi connectivity index (χ1n) is 6.59. The summed E-state index contributed by atoms with van der Waals surface area (Å²) < 4.78 is 5.83. The lowest BCUT2D eigenvalue weighted by Crippen LogP contribution is -2.42. The number of guanidine groups is 1. The van der Waals surface area contributed by atoms with E-state index in [1.807, 2.05) is 0 Å². The van der Waals surface area contributed by atoms with E-state index in [0.717, 1.165) is 38.6 Å². The summed E-state index contributed by atoms with van der Waals surface area (Å²) >= 11 is 0. The van der Waals surface area contributed by atoms with Gasteiger partial charge in [-0.2, -0.15) is 0 Å². The Labute approximate surface area is 97.9 Å². The highest BCUT2D eigenvalue weighted by atomic mass is 16.5. The van der Waals surface area contributed by atoms with Crippen LogP contribution < -0.4 is 10.6 Å². The molecule has 0 atom stereocenters. The van der Waals surface area contributed by atoms with Crippen LogP contribution in [-0.2, 0) is 4.74 Å². The van der Waals surface area contributed by atoms with Crippen molar-refractivity contribution in [3.8, 4) is 0 Å².